The molecule has 0 fully saturated rings. The van der Waals surface area contributed by atoms with Gasteiger partial charge in [-0.25, -0.2) is 9.59 Å². The summed E-state index contributed by atoms with van der Waals surface area (Å²) in [5, 5.41) is 0. The molecular formula is C21H38O4SiY-. The van der Waals surface area contributed by atoms with E-state index in [1.807, 2.05) is 58.0 Å². The van der Waals surface area contributed by atoms with E-state index in [0.29, 0.717) is 0 Å². The van der Waals surface area contributed by atoms with E-state index in [4.69, 9.17) is 0 Å². The number of methoxy groups -OCH3 is 2. The summed E-state index contributed by atoms with van der Waals surface area (Å²) < 4.78 is 8.64. The Bertz CT molecular complexity index is 440. The molecule has 4 nitrogen and oxygen atoms in total. The van der Waals surface area contributed by atoms with Gasteiger partial charge in [-0.1, -0.05) is 59.5 Å². The standard InChI is InChI=1S/C7H10O4.C7H7.C3H9Si.2C2H6.Y/c1-4-5(6(8)10-2)7(9)11-3;1-7-5-3-2-4-6-7;1-4(2)3;2*1-2;/h4H,1-3H3;2-6H,1H2;1-3H3;2*1-2H3;/q;-1;;;;. The van der Waals surface area contributed by atoms with Crippen LogP contribution in [0.1, 0.15) is 40.2 Å². The Balaban J connectivity index is -0.0000000869. The first kappa shape index (κ1) is 36.9. The summed E-state index contributed by atoms with van der Waals surface area (Å²) in [6.07, 6.45) is 1.34. The largest absolute Gasteiger partial charge is 0.465 e. The van der Waals surface area contributed by atoms with E-state index >= 15 is 0 Å². The predicted molar refractivity (Wildman–Crippen MR) is 115 cm³/mol. The normalized spacial score (nSPS) is 7.37. The van der Waals surface area contributed by atoms with E-state index < -0.39 is 11.9 Å². The molecule has 0 aromatic heterocycles. The Kier molecular flexibility index (Phi) is 40.8. The Labute approximate surface area is 194 Å². The minimum Gasteiger partial charge on any atom is -0.465 e. The van der Waals surface area contributed by atoms with Crippen LogP contribution >= 0.6 is 0 Å². The van der Waals surface area contributed by atoms with E-state index in [2.05, 4.69) is 36.0 Å². The molecule has 0 amide bonds. The van der Waals surface area contributed by atoms with Crippen molar-refractivity contribution in [3.63, 3.8) is 0 Å². The van der Waals surface area contributed by atoms with Gasteiger partial charge in [-0.15, -0.1) is 12.1 Å². The summed E-state index contributed by atoms with van der Waals surface area (Å²) in [6, 6.07) is 9.87. The van der Waals surface area contributed by atoms with Gasteiger partial charge < -0.3 is 9.47 Å². The number of carbonyl (C=O) groups is 2. The monoisotopic (exact) mass is 471 g/mol. The van der Waals surface area contributed by atoms with Crippen LogP contribution < -0.4 is 0 Å². The van der Waals surface area contributed by atoms with Gasteiger partial charge in [0.05, 0.1) is 14.2 Å². The zero-order valence-electron chi connectivity index (χ0n) is 18.9. The smallest absolute Gasteiger partial charge is 0.344 e. The minimum absolute atomic E-state index is 0. The van der Waals surface area contributed by atoms with Crippen LogP contribution in [0.25, 0.3) is 0 Å². The molecule has 0 N–H and O–H groups in total. The van der Waals surface area contributed by atoms with Gasteiger partial charge in [0, 0.05) is 41.5 Å². The van der Waals surface area contributed by atoms with Crippen LogP contribution in [0.15, 0.2) is 42.0 Å². The molecule has 154 valence electrons. The van der Waals surface area contributed by atoms with E-state index in [0.717, 1.165) is 5.56 Å². The second kappa shape index (κ2) is 29.8. The number of esters is 2. The van der Waals surface area contributed by atoms with Crippen molar-refractivity contribution in [2.75, 3.05) is 14.2 Å². The van der Waals surface area contributed by atoms with Crippen LogP contribution in [-0.2, 0) is 51.8 Å². The number of allylic oxidation sites excluding steroid dienone is 1. The molecule has 0 heterocycles. The summed E-state index contributed by atoms with van der Waals surface area (Å²) in [6.45, 7) is 20.1. The summed E-state index contributed by atoms with van der Waals surface area (Å²) in [5.41, 5.74) is 0.984. The molecule has 27 heavy (non-hydrogen) atoms. The molecular weight excluding hydrogens is 433 g/mol. The summed E-state index contributed by atoms with van der Waals surface area (Å²) in [7, 11) is 2.53. The molecule has 2 radical (unpaired) electrons. The average molecular weight is 472 g/mol. The van der Waals surface area contributed by atoms with Gasteiger partial charge in [-0.2, -0.15) is 24.6 Å². The van der Waals surface area contributed by atoms with Gasteiger partial charge in [-0.05, 0) is 6.92 Å². The van der Waals surface area contributed by atoms with Crippen molar-refractivity contribution < 1.29 is 51.8 Å². The predicted octanol–water partition coefficient (Wildman–Crippen LogP) is 5.57. The van der Waals surface area contributed by atoms with Crippen LogP contribution in [0.5, 0.6) is 0 Å². The van der Waals surface area contributed by atoms with E-state index in [9.17, 15) is 9.59 Å². The summed E-state index contributed by atoms with van der Waals surface area (Å²) in [5.74, 6) is -1.36. The van der Waals surface area contributed by atoms with Crippen LogP contribution in [-0.4, -0.2) is 35.0 Å². The molecule has 0 unspecified atom stereocenters. The molecule has 0 saturated heterocycles. The third kappa shape index (κ3) is 30.1. The Morgan fingerprint density at radius 2 is 1.19 bits per heavy atom. The molecule has 1 aromatic rings. The van der Waals surface area contributed by atoms with Gasteiger partial charge in [0.15, 0.2) is 0 Å². The fourth-order valence-electron chi connectivity index (χ4n) is 1.02. The van der Waals surface area contributed by atoms with Crippen molar-refractivity contribution >= 4 is 20.7 Å². The molecule has 0 spiro atoms. The van der Waals surface area contributed by atoms with Crippen LogP contribution in [0.4, 0.5) is 0 Å². The minimum atomic E-state index is -0.681. The SMILES string of the molecule is CC.CC.CC=C(C(=O)OC)C(=O)OC.C[Si](C)C.[CH2-]c1ccccc1.[Y]. The Morgan fingerprint density at radius 1 is 0.889 bits per heavy atom. The number of hydrogen-bond acceptors (Lipinski definition) is 4. The number of rotatable bonds is 2. The molecule has 1 rings (SSSR count). The molecule has 0 aliphatic rings. The fourth-order valence-corrected chi connectivity index (χ4v) is 1.02. The molecule has 0 aliphatic carbocycles. The van der Waals surface area contributed by atoms with Gasteiger partial charge in [0.2, 0.25) is 0 Å². The average Bonchev–Trinajstić information content (AvgIpc) is 2.66. The van der Waals surface area contributed by atoms with Crippen molar-refractivity contribution in [1.29, 1.82) is 0 Å². The van der Waals surface area contributed by atoms with Crippen molar-refractivity contribution in [3.05, 3.63) is 54.5 Å². The van der Waals surface area contributed by atoms with Crippen LogP contribution in [0, 0.1) is 6.92 Å². The van der Waals surface area contributed by atoms with Crippen molar-refractivity contribution in [2.24, 2.45) is 0 Å². The maximum atomic E-state index is 10.8. The fraction of sp³-hybridized carbons (Fsp3) is 0.476. The molecule has 0 atom stereocenters. The maximum Gasteiger partial charge on any atom is 0.344 e. The number of hydrogen-bond donors (Lipinski definition) is 0. The first-order valence-electron chi connectivity index (χ1n) is 8.76. The van der Waals surface area contributed by atoms with Crippen LogP contribution in [0.3, 0.4) is 0 Å². The number of carbonyl (C=O) groups excluding carboxylic acids is 2. The van der Waals surface area contributed by atoms with E-state index in [1.54, 1.807) is 6.92 Å². The van der Waals surface area contributed by atoms with Gasteiger partial charge >= 0.3 is 11.9 Å². The second-order valence-corrected chi connectivity index (χ2v) is 7.67. The second-order valence-electron chi connectivity index (χ2n) is 4.67. The molecule has 1 aromatic carbocycles. The first-order valence-corrected chi connectivity index (χ1v) is 11.8. The zero-order valence-corrected chi connectivity index (χ0v) is 22.7. The van der Waals surface area contributed by atoms with Crippen LogP contribution in [0.2, 0.25) is 19.6 Å². The molecule has 6 heteroatoms. The van der Waals surface area contributed by atoms with Gasteiger partial charge in [0.1, 0.15) is 5.57 Å². The molecule has 0 saturated carbocycles. The van der Waals surface area contributed by atoms with Crippen molar-refractivity contribution in [1.82, 2.24) is 0 Å². The third-order valence-corrected chi connectivity index (χ3v) is 1.94. The summed E-state index contributed by atoms with van der Waals surface area (Å²) in [4.78, 5) is 21.5. The Morgan fingerprint density at radius 3 is 1.33 bits per heavy atom. The quantitative estimate of drug-likeness (QED) is 0.141. The van der Waals surface area contributed by atoms with Gasteiger partial charge in [-0.3, -0.25) is 0 Å². The maximum absolute atomic E-state index is 10.8. The molecule has 0 aliphatic heterocycles. The number of ether oxygens (including phenoxy) is 2. The topological polar surface area (TPSA) is 52.6 Å². The van der Waals surface area contributed by atoms with Crippen molar-refractivity contribution in [3.8, 4) is 0 Å². The summed E-state index contributed by atoms with van der Waals surface area (Å²) >= 11 is 0. The number of benzene rings is 1. The van der Waals surface area contributed by atoms with Gasteiger partial charge in [0.25, 0.3) is 0 Å². The van der Waals surface area contributed by atoms with E-state index in [-0.39, 0.29) is 47.1 Å². The zero-order chi connectivity index (χ0) is 21.5. The molecule has 0 bridgehead atoms. The van der Waals surface area contributed by atoms with Crippen molar-refractivity contribution in [2.45, 2.75) is 54.3 Å². The van der Waals surface area contributed by atoms with E-state index in [1.165, 1.54) is 20.3 Å². The third-order valence-electron chi connectivity index (χ3n) is 1.94. The first-order chi connectivity index (χ1) is 12.3. The Hall–Kier alpha value is -0.909.